The van der Waals surface area contributed by atoms with Crippen molar-refractivity contribution >= 4 is 34.1 Å². The van der Waals surface area contributed by atoms with Crippen molar-refractivity contribution in [2.75, 3.05) is 0 Å². The molecule has 4 aromatic rings. The third-order valence-electron chi connectivity index (χ3n) is 13.9. The lowest BCUT2D eigenvalue weighted by Gasteiger charge is -2.10. The summed E-state index contributed by atoms with van der Waals surface area (Å²) in [5, 5.41) is 21.3. The van der Waals surface area contributed by atoms with Gasteiger partial charge in [0.05, 0.1) is 17.6 Å². The first-order valence-electron chi connectivity index (χ1n) is 28.6. The van der Waals surface area contributed by atoms with Crippen LogP contribution in [0.15, 0.2) is 70.6 Å². The molecule has 4 heteroatoms. The van der Waals surface area contributed by atoms with Gasteiger partial charge in [-0.1, -0.05) is 233 Å². The van der Waals surface area contributed by atoms with Gasteiger partial charge in [-0.15, -0.1) is 0 Å². The molecule has 0 aliphatic rings. The Morgan fingerprint density at radius 1 is 0.435 bits per heavy atom. The highest BCUT2D eigenvalue weighted by atomic mass is 16.3. The predicted molar refractivity (Wildman–Crippen MR) is 305 cm³/mol. The van der Waals surface area contributed by atoms with Gasteiger partial charge in [0, 0.05) is 6.42 Å². The number of hydrogen-bond donors (Lipinski definition) is 2. The number of fused-ring (bicyclic) bond motifs is 1. The summed E-state index contributed by atoms with van der Waals surface area (Å²) in [5.74, 6) is 6.72. The van der Waals surface area contributed by atoms with Crippen LogP contribution >= 0.6 is 0 Å². The summed E-state index contributed by atoms with van der Waals surface area (Å²) in [6.07, 6.45) is 43.8. The molecule has 0 aliphatic heterocycles. The summed E-state index contributed by atoms with van der Waals surface area (Å²) in [4.78, 5) is 9.78. The number of nitrogens with zero attached hydrogens (tertiary/aromatic N) is 2. The number of aromatic hydroxyl groups is 2. The van der Waals surface area contributed by atoms with Crippen molar-refractivity contribution in [1.82, 2.24) is 0 Å². The molecule has 0 radical (unpaired) electrons. The Balaban J connectivity index is 0.000000579. The Morgan fingerprint density at radius 3 is 1.36 bits per heavy atom. The molecule has 380 valence electrons. The van der Waals surface area contributed by atoms with Gasteiger partial charge in [0.1, 0.15) is 5.71 Å². The van der Waals surface area contributed by atoms with Crippen LogP contribution in [0.25, 0.3) is 10.8 Å². The highest BCUT2D eigenvalue weighted by Crippen LogP contribution is 2.33. The highest BCUT2D eigenvalue weighted by Gasteiger charge is 2.09. The van der Waals surface area contributed by atoms with Crippen molar-refractivity contribution < 1.29 is 10.2 Å². The maximum Gasteiger partial charge on any atom is 0.158 e. The van der Waals surface area contributed by atoms with Crippen LogP contribution in [0.2, 0.25) is 0 Å². The second-order valence-electron chi connectivity index (χ2n) is 19.7. The first-order valence-corrected chi connectivity index (χ1v) is 28.6. The van der Waals surface area contributed by atoms with Crippen LogP contribution in [0, 0.1) is 11.8 Å². The van der Waals surface area contributed by atoms with E-state index in [0.717, 1.165) is 85.6 Å². The Labute approximate surface area is 423 Å². The fraction of sp³-hybridized carbons (Fsp3) is 0.600. The average Bonchev–Trinajstić information content (AvgIpc) is 3.36. The van der Waals surface area contributed by atoms with Crippen molar-refractivity contribution in [3.63, 3.8) is 0 Å². The van der Waals surface area contributed by atoms with Gasteiger partial charge in [0.15, 0.2) is 11.5 Å². The molecule has 0 fully saturated rings. The molecule has 0 bridgehead atoms. The number of rotatable bonds is 34. The van der Waals surface area contributed by atoms with Gasteiger partial charge < -0.3 is 10.2 Å². The van der Waals surface area contributed by atoms with Crippen LogP contribution < -0.4 is 0 Å². The standard InChI is InChI=1S/C49H78N2.C16H20O2/c1-6-11-12-13-14-15-16-17-18-19-20-21-22-23-24-25-26-27-28-29-30-31-32-33-34-35-49(51-48-39-37-44(8-3)46(10-5)41-48)42-50-47-38-36-43(7-2)45(9-4)40-47;1-3-5-11-7-12(6-4-2)14-10-16(18)15(17)9-13(14)8-11/h36-42H,6-33H2,1-5H3;7-10,17-18H,3-6H2,1-2H3. The molecular weight excluding hydrogens is 841 g/mol. The third-order valence-corrected chi connectivity index (χ3v) is 13.9. The van der Waals surface area contributed by atoms with Gasteiger partial charge >= 0.3 is 0 Å². The van der Waals surface area contributed by atoms with Crippen LogP contribution in [-0.2, 0) is 38.5 Å². The van der Waals surface area contributed by atoms with Crippen LogP contribution in [-0.4, -0.2) is 22.1 Å². The number of aryl methyl sites for hydroxylation is 6. The van der Waals surface area contributed by atoms with Crippen molar-refractivity contribution in [3.8, 4) is 23.3 Å². The first kappa shape index (κ1) is 59.0. The lowest BCUT2D eigenvalue weighted by molar-refractivity contribution is 0.405. The summed E-state index contributed by atoms with van der Waals surface area (Å²) in [6, 6.07) is 20.8. The van der Waals surface area contributed by atoms with Crippen LogP contribution in [0.1, 0.15) is 249 Å². The highest BCUT2D eigenvalue weighted by molar-refractivity contribution is 6.39. The normalized spacial score (nSPS) is 11.6. The number of phenolic OH excluding ortho intramolecular Hbond substituents is 2. The zero-order chi connectivity index (χ0) is 49.7. The van der Waals surface area contributed by atoms with Crippen LogP contribution in [0.5, 0.6) is 11.5 Å². The van der Waals surface area contributed by atoms with Gasteiger partial charge in [-0.25, -0.2) is 4.99 Å². The molecule has 0 saturated carbocycles. The van der Waals surface area contributed by atoms with E-state index in [1.54, 1.807) is 12.1 Å². The van der Waals surface area contributed by atoms with Crippen LogP contribution in [0.4, 0.5) is 11.4 Å². The van der Waals surface area contributed by atoms with Crippen molar-refractivity contribution in [2.45, 2.75) is 254 Å². The summed E-state index contributed by atoms with van der Waals surface area (Å²) < 4.78 is 0. The number of phenols is 2. The Hall–Kier alpha value is -4.36. The molecule has 2 N–H and O–H groups in total. The molecular formula is C65H98N2O2. The molecule has 0 heterocycles. The van der Waals surface area contributed by atoms with E-state index in [4.69, 9.17) is 9.98 Å². The molecule has 0 spiro atoms. The summed E-state index contributed by atoms with van der Waals surface area (Å²) in [6.45, 7) is 15.5. The minimum Gasteiger partial charge on any atom is -0.504 e. The molecule has 4 rings (SSSR count). The van der Waals surface area contributed by atoms with E-state index in [0.29, 0.717) is 0 Å². The fourth-order valence-corrected chi connectivity index (χ4v) is 9.68. The lowest BCUT2D eigenvalue weighted by Crippen LogP contribution is -1.97. The maximum atomic E-state index is 9.63. The molecule has 0 aromatic heterocycles. The SMILES string of the molecule is CCCCCCCCCCCCCCCCCCCCCCCCCC#CC(C=Nc1ccc(CC)c(CC)c1)=Nc1ccc(CC)c(CC)c1.CCCc1cc(CCC)c2cc(O)c(O)cc2c1. The largest absolute Gasteiger partial charge is 0.504 e. The summed E-state index contributed by atoms with van der Waals surface area (Å²) in [5.41, 5.74) is 10.8. The second kappa shape index (κ2) is 37.5. The molecule has 69 heavy (non-hydrogen) atoms. The van der Waals surface area contributed by atoms with Gasteiger partial charge in [-0.3, -0.25) is 4.99 Å². The first-order chi connectivity index (χ1) is 33.8. The van der Waals surface area contributed by atoms with E-state index in [2.05, 4.69) is 109 Å². The monoisotopic (exact) mass is 939 g/mol. The summed E-state index contributed by atoms with van der Waals surface area (Å²) >= 11 is 0. The molecule has 0 unspecified atom stereocenters. The quantitative estimate of drug-likeness (QED) is 0.0212. The van der Waals surface area contributed by atoms with E-state index in [1.807, 2.05) is 6.21 Å². The van der Waals surface area contributed by atoms with Crippen molar-refractivity contribution in [2.24, 2.45) is 9.98 Å². The van der Waals surface area contributed by atoms with Gasteiger partial charge in [0.25, 0.3) is 0 Å². The summed E-state index contributed by atoms with van der Waals surface area (Å²) in [7, 11) is 0. The van der Waals surface area contributed by atoms with E-state index in [9.17, 15) is 10.2 Å². The third kappa shape index (κ3) is 24.4. The van der Waals surface area contributed by atoms with E-state index in [1.165, 1.54) is 181 Å². The second-order valence-corrected chi connectivity index (χ2v) is 19.7. The number of aliphatic imine (C=N–C) groups is 2. The van der Waals surface area contributed by atoms with E-state index < -0.39 is 0 Å². The number of hydrogen-bond acceptors (Lipinski definition) is 4. The molecule has 4 aromatic carbocycles. The van der Waals surface area contributed by atoms with Gasteiger partial charge in [-0.2, -0.15) is 0 Å². The molecule has 4 nitrogen and oxygen atoms in total. The fourth-order valence-electron chi connectivity index (χ4n) is 9.68. The number of unbranched alkanes of at least 4 members (excludes halogenated alkanes) is 23. The van der Waals surface area contributed by atoms with E-state index in [-0.39, 0.29) is 11.5 Å². The smallest absolute Gasteiger partial charge is 0.158 e. The Kier molecular flexibility index (Phi) is 32.0. The minimum atomic E-state index is -0.0430. The predicted octanol–water partition coefficient (Wildman–Crippen LogP) is 20.0. The Morgan fingerprint density at radius 2 is 0.884 bits per heavy atom. The lowest BCUT2D eigenvalue weighted by atomic mass is 9.96. The van der Waals surface area contributed by atoms with Crippen molar-refractivity contribution in [3.05, 3.63) is 94.0 Å². The van der Waals surface area contributed by atoms with Gasteiger partial charge in [-0.05, 0) is 131 Å². The molecule has 0 atom stereocenters. The number of benzene rings is 4. The zero-order valence-corrected chi connectivity index (χ0v) is 45.3. The minimum absolute atomic E-state index is 0.0388. The zero-order valence-electron chi connectivity index (χ0n) is 45.3. The van der Waals surface area contributed by atoms with Gasteiger partial charge in [0.2, 0.25) is 0 Å². The van der Waals surface area contributed by atoms with Crippen LogP contribution in [0.3, 0.4) is 0 Å². The average molecular weight is 940 g/mol. The molecule has 0 saturated heterocycles. The molecule has 0 aliphatic carbocycles. The van der Waals surface area contributed by atoms with Crippen molar-refractivity contribution in [1.29, 1.82) is 0 Å². The topological polar surface area (TPSA) is 65.2 Å². The van der Waals surface area contributed by atoms with E-state index >= 15 is 0 Å². The molecule has 0 amide bonds. The maximum absolute atomic E-state index is 9.63. The Bertz CT molecular complexity index is 2120.